The molecule has 1 heterocycles. The average molecular weight is 395 g/mol. The van der Waals surface area contributed by atoms with Crippen LogP contribution in [0.15, 0.2) is 51.6 Å². The zero-order valence-electron chi connectivity index (χ0n) is 13.3. The maximum atomic E-state index is 12.0. The summed E-state index contributed by atoms with van der Waals surface area (Å²) in [4.78, 5) is 25.3. The third-order valence-corrected chi connectivity index (χ3v) is 3.70. The zero-order valence-corrected chi connectivity index (χ0v) is 14.9. The van der Waals surface area contributed by atoms with Crippen molar-refractivity contribution in [3.05, 3.63) is 52.9 Å². The minimum Gasteiger partial charge on any atom is -0.494 e. The highest BCUT2D eigenvalue weighted by atomic mass is 79.9. The predicted molar refractivity (Wildman–Crippen MR) is 92.9 cm³/mol. The van der Waals surface area contributed by atoms with Crippen LogP contribution in [0.3, 0.4) is 0 Å². The maximum Gasteiger partial charge on any atom is 0.287 e. The van der Waals surface area contributed by atoms with Crippen LogP contribution in [-0.4, -0.2) is 43.5 Å². The fourth-order valence-corrected chi connectivity index (χ4v) is 2.25. The van der Waals surface area contributed by atoms with Crippen molar-refractivity contribution in [3.8, 4) is 5.75 Å². The summed E-state index contributed by atoms with van der Waals surface area (Å²) in [5.41, 5.74) is 0. The van der Waals surface area contributed by atoms with Crippen LogP contribution in [0.25, 0.3) is 0 Å². The zero-order chi connectivity index (χ0) is 17.4. The van der Waals surface area contributed by atoms with Crippen molar-refractivity contribution in [3.63, 3.8) is 0 Å². The number of carbonyl (C=O) groups is 2. The van der Waals surface area contributed by atoms with E-state index < -0.39 is 5.91 Å². The Morgan fingerprint density at radius 1 is 1.21 bits per heavy atom. The SMILES string of the molecule is CN(CCCOc1ccccc1)C(=O)CNC(=O)c1ccc(Br)o1. The maximum absolute atomic E-state index is 12.0. The number of hydrogen-bond acceptors (Lipinski definition) is 4. The number of para-hydroxylation sites is 1. The Morgan fingerprint density at radius 3 is 2.62 bits per heavy atom. The highest BCUT2D eigenvalue weighted by molar-refractivity contribution is 9.10. The van der Waals surface area contributed by atoms with Crippen LogP contribution in [0.2, 0.25) is 0 Å². The number of rotatable bonds is 8. The van der Waals surface area contributed by atoms with Crippen LogP contribution in [0.1, 0.15) is 17.0 Å². The molecule has 0 spiro atoms. The van der Waals surface area contributed by atoms with Crippen LogP contribution in [0.4, 0.5) is 0 Å². The van der Waals surface area contributed by atoms with Crippen LogP contribution >= 0.6 is 15.9 Å². The van der Waals surface area contributed by atoms with Gasteiger partial charge in [-0.2, -0.15) is 0 Å². The molecule has 2 rings (SSSR count). The smallest absolute Gasteiger partial charge is 0.287 e. The number of likely N-dealkylation sites (N-methyl/N-ethyl adjacent to an activating group) is 1. The van der Waals surface area contributed by atoms with Gasteiger partial charge in [0, 0.05) is 13.6 Å². The van der Waals surface area contributed by atoms with Gasteiger partial charge in [-0.1, -0.05) is 18.2 Å². The highest BCUT2D eigenvalue weighted by Gasteiger charge is 2.14. The predicted octanol–water partition coefficient (Wildman–Crippen LogP) is 2.70. The van der Waals surface area contributed by atoms with Gasteiger partial charge in [-0.05, 0) is 46.6 Å². The standard InChI is InChI=1S/C17H19BrN2O4/c1-20(10-5-11-23-13-6-3-2-4-7-13)16(21)12-19-17(22)14-8-9-15(18)24-14/h2-4,6-9H,5,10-12H2,1H3,(H,19,22). The van der Waals surface area contributed by atoms with Crippen LogP contribution in [-0.2, 0) is 4.79 Å². The highest BCUT2D eigenvalue weighted by Crippen LogP contribution is 2.13. The Labute approximate surface area is 148 Å². The first-order valence-electron chi connectivity index (χ1n) is 7.51. The summed E-state index contributed by atoms with van der Waals surface area (Å²) in [5.74, 6) is 0.375. The van der Waals surface area contributed by atoms with E-state index in [0.29, 0.717) is 24.2 Å². The Morgan fingerprint density at radius 2 is 1.96 bits per heavy atom. The normalized spacial score (nSPS) is 10.2. The Bertz CT molecular complexity index is 672. The fourth-order valence-electron chi connectivity index (χ4n) is 1.95. The molecular formula is C17H19BrN2O4. The second kappa shape index (κ2) is 9.12. The largest absolute Gasteiger partial charge is 0.494 e. The summed E-state index contributed by atoms with van der Waals surface area (Å²) in [6.07, 6.45) is 0.705. The lowest BCUT2D eigenvalue weighted by molar-refractivity contribution is -0.128. The minimum absolute atomic E-state index is 0.0762. The number of ether oxygens (including phenoxy) is 1. The minimum atomic E-state index is -0.421. The van der Waals surface area contributed by atoms with Crippen LogP contribution in [0.5, 0.6) is 5.75 Å². The molecule has 1 aromatic carbocycles. The number of furan rings is 1. The molecule has 0 aliphatic carbocycles. The number of carbonyl (C=O) groups excluding carboxylic acids is 2. The summed E-state index contributed by atoms with van der Waals surface area (Å²) in [5, 5.41) is 2.53. The van der Waals surface area contributed by atoms with Gasteiger partial charge in [-0.25, -0.2) is 0 Å². The third kappa shape index (κ3) is 5.73. The molecule has 24 heavy (non-hydrogen) atoms. The van der Waals surface area contributed by atoms with Gasteiger partial charge in [0.25, 0.3) is 5.91 Å². The quantitative estimate of drug-likeness (QED) is 0.698. The molecular weight excluding hydrogens is 376 g/mol. The molecule has 2 amide bonds. The number of nitrogens with one attached hydrogen (secondary N) is 1. The number of halogens is 1. The first-order valence-corrected chi connectivity index (χ1v) is 8.31. The second-order valence-electron chi connectivity index (χ2n) is 5.12. The topological polar surface area (TPSA) is 71.8 Å². The van der Waals surface area contributed by atoms with E-state index in [4.69, 9.17) is 9.15 Å². The molecule has 0 aliphatic rings. The van der Waals surface area contributed by atoms with Gasteiger partial charge >= 0.3 is 0 Å². The van der Waals surface area contributed by atoms with Gasteiger partial charge in [0.15, 0.2) is 10.4 Å². The molecule has 6 nitrogen and oxygen atoms in total. The lowest BCUT2D eigenvalue weighted by Gasteiger charge is -2.17. The van der Waals surface area contributed by atoms with E-state index in [1.165, 1.54) is 6.07 Å². The van der Waals surface area contributed by atoms with Crippen molar-refractivity contribution < 1.29 is 18.7 Å². The van der Waals surface area contributed by atoms with Gasteiger partial charge in [0.05, 0.1) is 13.2 Å². The van der Waals surface area contributed by atoms with E-state index in [9.17, 15) is 9.59 Å². The number of nitrogens with zero attached hydrogens (tertiary/aromatic N) is 1. The Hall–Kier alpha value is -2.28. The molecule has 0 atom stereocenters. The second-order valence-corrected chi connectivity index (χ2v) is 5.90. The first-order chi connectivity index (χ1) is 11.6. The summed E-state index contributed by atoms with van der Waals surface area (Å²) in [6.45, 7) is 0.995. The lowest BCUT2D eigenvalue weighted by atomic mass is 10.3. The monoisotopic (exact) mass is 394 g/mol. The number of benzene rings is 1. The molecule has 0 aliphatic heterocycles. The molecule has 2 aromatic rings. The van der Waals surface area contributed by atoms with Crippen molar-refractivity contribution in [2.75, 3.05) is 26.7 Å². The van der Waals surface area contributed by atoms with Gasteiger partial charge < -0.3 is 19.4 Å². The molecule has 0 saturated heterocycles. The van der Waals surface area contributed by atoms with Crippen LogP contribution in [0, 0.1) is 0 Å². The van der Waals surface area contributed by atoms with Crippen molar-refractivity contribution in [2.45, 2.75) is 6.42 Å². The average Bonchev–Trinajstić information content (AvgIpc) is 3.03. The van der Waals surface area contributed by atoms with Gasteiger partial charge in [-0.3, -0.25) is 9.59 Å². The molecule has 1 N–H and O–H groups in total. The van der Waals surface area contributed by atoms with E-state index in [2.05, 4.69) is 21.2 Å². The molecule has 128 valence electrons. The van der Waals surface area contributed by atoms with Gasteiger partial charge in [-0.15, -0.1) is 0 Å². The van der Waals surface area contributed by atoms with E-state index in [0.717, 1.165) is 5.75 Å². The molecule has 0 bridgehead atoms. The van der Waals surface area contributed by atoms with Gasteiger partial charge in [0.1, 0.15) is 5.75 Å². The summed E-state index contributed by atoms with van der Waals surface area (Å²) >= 11 is 3.12. The van der Waals surface area contributed by atoms with E-state index in [-0.39, 0.29) is 18.2 Å². The molecule has 0 fully saturated rings. The van der Waals surface area contributed by atoms with Gasteiger partial charge in [0.2, 0.25) is 5.91 Å². The van der Waals surface area contributed by atoms with Crippen molar-refractivity contribution >= 4 is 27.7 Å². The Balaban J connectivity index is 1.64. The molecule has 0 radical (unpaired) electrons. The third-order valence-electron chi connectivity index (χ3n) is 3.27. The van der Waals surface area contributed by atoms with Crippen molar-refractivity contribution in [1.29, 1.82) is 0 Å². The fraction of sp³-hybridized carbons (Fsp3) is 0.294. The van der Waals surface area contributed by atoms with E-state index in [1.54, 1.807) is 18.0 Å². The molecule has 7 heteroatoms. The summed E-state index contributed by atoms with van der Waals surface area (Å²) in [7, 11) is 1.69. The first kappa shape index (κ1) is 18.1. The number of amides is 2. The summed E-state index contributed by atoms with van der Waals surface area (Å²) < 4.78 is 11.2. The van der Waals surface area contributed by atoms with Crippen molar-refractivity contribution in [1.82, 2.24) is 10.2 Å². The summed E-state index contributed by atoms with van der Waals surface area (Å²) in [6, 6.07) is 12.7. The van der Waals surface area contributed by atoms with Crippen molar-refractivity contribution in [2.24, 2.45) is 0 Å². The van der Waals surface area contributed by atoms with E-state index in [1.807, 2.05) is 30.3 Å². The van der Waals surface area contributed by atoms with E-state index >= 15 is 0 Å². The molecule has 0 saturated carbocycles. The lowest BCUT2D eigenvalue weighted by Crippen LogP contribution is -2.38. The molecule has 0 unspecified atom stereocenters. The number of hydrogen-bond donors (Lipinski definition) is 1. The van der Waals surface area contributed by atoms with Crippen LogP contribution < -0.4 is 10.1 Å². The molecule has 1 aromatic heterocycles. The Kier molecular flexibility index (Phi) is 6.87.